The number of hydrogen-bond donors (Lipinski definition) is 0. The first-order chi connectivity index (χ1) is 10.5. The molecule has 0 spiro atoms. The average molecular weight is 303 g/mol. The first kappa shape index (κ1) is 14.7. The number of hydrogen-bond acceptors (Lipinski definition) is 5. The van der Waals surface area contributed by atoms with E-state index >= 15 is 0 Å². The van der Waals surface area contributed by atoms with Crippen LogP contribution in [0, 0.1) is 12.8 Å². The van der Waals surface area contributed by atoms with Crippen molar-refractivity contribution in [3.8, 4) is 11.6 Å². The molecule has 0 unspecified atom stereocenters. The molecule has 1 atom stereocenters. The Morgan fingerprint density at radius 3 is 2.77 bits per heavy atom. The van der Waals surface area contributed by atoms with Crippen LogP contribution in [0.3, 0.4) is 0 Å². The minimum Gasteiger partial charge on any atom is -0.353 e. The molecule has 3 rings (SSSR count). The van der Waals surface area contributed by atoms with Crippen molar-refractivity contribution in [2.75, 3.05) is 6.54 Å². The van der Waals surface area contributed by atoms with E-state index in [9.17, 15) is 4.79 Å². The lowest BCUT2D eigenvalue weighted by atomic mass is 10.0. The van der Waals surface area contributed by atoms with Crippen LogP contribution in [0.25, 0.3) is 11.6 Å². The Hall–Kier alpha value is -2.18. The van der Waals surface area contributed by atoms with Gasteiger partial charge < -0.3 is 9.42 Å². The second kappa shape index (κ2) is 5.55. The predicted molar refractivity (Wildman–Crippen MR) is 79.8 cm³/mol. The molecule has 0 N–H and O–H groups in total. The lowest BCUT2D eigenvalue weighted by Gasteiger charge is -2.33. The maximum atomic E-state index is 12.7. The zero-order chi connectivity index (χ0) is 15.9. The van der Waals surface area contributed by atoms with Crippen LogP contribution < -0.4 is 0 Å². The number of aromatic nitrogens is 4. The van der Waals surface area contributed by atoms with Gasteiger partial charge in [0, 0.05) is 12.6 Å². The number of nitrogens with zero attached hydrogens (tertiary/aromatic N) is 5. The Balaban J connectivity index is 2.08. The Morgan fingerprint density at radius 1 is 1.41 bits per heavy atom. The number of rotatable bonds is 4. The molecule has 2 aromatic heterocycles. The zero-order valence-corrected chi connectivity index (χ0v) is 13.4. The van der Waals surface area contributed by atoms with Gasteiger partial charge in [-0.1, -0.05) is 19.0 Å². The summed E-state index contributed by atoms with van der Waals surface area (Å²) >= 11 is 0. The average Bonchev–Trinajstić information content (AvgIpc) is 3.07. The summed E-state index contributed by atoms with van der Waals surface area (Å²) in [6.07, 6.45) is 0.750. The van der Waals surface area contributed by atoms with Crippen LogP contribution >= 0.6 is 0 Å². The maximum Gasteiger partial charge on any atom is 0.246 e. The van der Waals surface area contributed by atoms with Crippen molar-refractivity contribution in [1.82, 2.24) is 24.8 Å². The highest BCUT2D eigenvalue weighted by Crippen LogP contribution is 2.32. The fourth-order valence-electron chi connectivity index (χ4n) is 2.89. The minimum absolute atomic E-state index is 0.126. The summed E-state index contributed by atoms with van der Waals surface area (Å²) < 4.78 is 7.24. The highest BCUT2D eigenvalue weighted by atomic mass is 16.5. The monoisotopic (exact) mass is 303 g/mol. The van der Waals surface area contributed by atoms with Crippen molar-refractivity contribution < 1.29 is 9.32 Å². The molecule has 0 bridgehead atoms. The minimum atomic E-state index is -0.279. The second-order valence-corrected chi connectivity index (χ2v) is 6.14. The maximum absolute atomic E-state index is 12.7. The fourth-order valence-corrected chi connectivity index (χ4v) is 2.89. The molecule has 7 nitrogen and oxygen atoms in total. The highest BCUT2D eigenvalue weighted by Gasteiger charge is 2.36. The van der Waals surface area contributed by atoms with Crippen LogP contribution in [0.15, 0.2) is 10.6 Å². The van der Waals surface area contributed by atoms with Gasteiger partial charge in [0.05, 0.1) is 12.2 Å². The third-order valence-electron chi connectivity index (χ3n) is 3.93. The van der Waals surface area contributed by atoms with Crippen LogP contribution in [0.4, 0.5) is 0 Å². The van der Waals surface area contributed by atoms with Crippen molar-refractivity contribution in [3.05, 3.63) is 17.6 Å². The van der Waals surface area contributed by atoms with Gasteiger partial charge in [-0.2, -0.15) is 0 Å². The van der Waals surface area contributed by atoms with E-state index in [2.05, 4.69) is 29.2 Å². The summed E-state index contributed by atoms with van der Waals surface area (Å²) in [5.74, 6) is 2.47. The molecule has 0 radical (unpaired) electrons. The molecule has 0 saturated heterocycles. The topological polar surface area (TPSA) is 77.1 Å². The quantitative estimate of drug-likeness (QED) is 0.865. The predicted octanol–water partition coefficient (Wildman–Crippen LogP) is 2.19. The molecule has 1 aliphatic heterocycles. The highest BCUT2D eigenvalue weighted by molar-refractivity contribution is 5.82. The molecule has 118 valence electrons. The van der Waals surface area contributed by atoms with Gasteiger partial charge in [0.1, 0.15) is 6.04 Å². The molecule has 1 amide bonds. The van der Waals surface area contributed by atoms with Crippen molar-refractivity contribution >= 4 is 5.91 Å². The van der Waals surface area contributed by atoms with Crippen LogP contribution in [-0.2, 0) is 11.3 Å². The van der Waals surface area contributed by atoms with E-state index in [1.54, 1.807) is 0 Å². The van der Waals surface area contributed by atoms with Gasteiger partial charge >= 0.3 is 0 Å². The number of carbonyl (C=O) groups excluding carboxylic acids is 1. The molecule has 0 aliphatic carbocycles. The SMILES string of the molecule is CCN1Cc2nnc(-c3cc(C)no3)n2[C@@H](CC(C)C)C1=O. The van der Waals surface area contributed by atoms with E-state index in [4.69, 9.17) is 4.52 Å². The Labute approximate surface area is 129 Å². The van der Waals surface area contributed by atoms with E-state index in [0.29, 0.717) is 30.6 Å². The van der Waals surface area contributed by atoms with Gasteiger partial charge in [0.2, 0.25) is 17.5 Å². The van der Waals surface area contributed by atoms with Crippen LogP contribution in [-0.4, -0.2) is 37.3 Å². The fraction of sp³-hybridized carbons (Fsp3) is 0.600. The van der Waals surface area contributed by atoms with E-state index < -0.39 is 0 Å². The number of fused-ring (bicyclic) bond motifs is 1. The lowest BCUT2D eigenvalue weighted by molar-refractivity contribution is -0.137. The molecule has 0 aromatic carbocycles. The summed E-state index contributed by atoms with van der Waals surface area (Å²) in [6.45, 7) is 9.23. The largest absolute Gasteiger partial charge is 0.353 e. The van der Waals surface area contributed by atoms with E-state index in [0.717, 1.165) is 17.9 Å². The van der Waals surface area contributed by atoms with Crippen molar-refractivity contribution in [2.45, 2.75) is 46.7 Å². The molecule has 2 aromatic rings. The summed E-state index contributed by atoms with van der Waals surface area (Å²) in [5, 5.41) is 12.4. The number of aryl methyl sites for hydroxylation is 1. The number of amides is 1. The third kappa shape index (κ3) is 2.40. The summed E-state index contributed by atoms with van der Waals surface area (Å²) in [4.78, 5) is 14.6. The lowest BCUT2D eigenvalue weighted by Crippen LogP contribution is -2.43. The summed E-state index contributed by atoms with van der Waals surface area (Å²) in [6, 6.07) is 1.54. The molecule has 1 aliphatic rings. The first-order valence-electron chi connectivity index (χ1n) is 7.67. The Bertz CT molecular complexity index is 688. The normalized spacial score (nSPS) is 18.1. The van der Waals surface area contributed by atoms with Gasteiger partial charge in [0.15, 0.2) is 5.82 Å². The standard InChI is InChI=1S/C15H21N5O2/c1-5-19-8-13-16-17-14(12-7-10(4)18-22-12)20(13)11(15(19)21)6-9(2)3/h7,9,11H,5-6,8H2,1-4H3/t11-/m0/s1. The third-order valence-corrected chi connectivity index (χ3v) is 3.93. The van der Waals surface area contributed by atoms with Crippen LogP contribution in [0.5, 0.6) is 0 Å². The van der Waals surface area contributed by atoms with Gasteiger partial charge in [0.25, 0.3) is 0 Å². The van der Waals surface area contributed by atoms with E-state index in [1.165, 1.54) is 0 Å². The smallest absolute Gasteiger partial charge is 0.246 e. The van der Waals surface area contributed by atoms with Crippen LogP contribution in [0.1, 0.15) is 44.8 Å². The van der Waals surface area contributed by atoms with Crippen molar-refractivity contribution in [2.24, 2.45) is 5.92 Å². The van der Waals surface area contributed by atoms with E-state index in [1.807, 2.05) is 29.4 Å². The van der Waals surface area contributed by atoms with Gasteiger partial charge in [-0.3, -0.25) is 9.36 Å². The molecule has 7 heteroatoms. The van der Waals surface area contributed by atoms with Gasteiger partial charge in [-0.25, -0.2) is 0 Å². The van der Waals surface area contributed by atoms with Gasteiger partial charge in [-0.05, 0) is 26.2 Å². The molecule has 0 fully saturated rings. The number of carbonyl (C=O) groups is 1. The summed E-state index contributed by atoms with van der Waals surface area (Å²) in [7, 11) is 0. The molecule has 3 heterocycles. The number of likely N-dealkylation sites (N-methyl/N-ethyl adjacent to an activating group) is 1. The van der Waals surface area contributed by atoms with Crippen molar-refractivity contribution in [3.63, 3.8) is 0 Å². The molecule has 22 heavy (non-hydrogen) atoms. The second-order valence-electron chi connectivity index (χ2n) is 6.14. The van der Waals surface area contributed by atoms with E-state index in [-0.39, 0.29) is 11.9 Å². The Morgan fingerprint density at radius 2 is 2.18 bits per heavy atom. The van der Waals surface area contributed by atoms with Crippen molar-refractivity contribution in [1.29, 1.82) is 0 Å². The van der Waals surface area contributed by atoms with Gasteiger partial charge in [-0.15, -0.1) is 10.2 Å². The zero-order valence-electron chi connectivity index (χ0n) is 13.4. The summed E-state index contributed by atoms with van der Waals surface area (Å²) in [5.41, 5.74) is 0.782. The first-order valence-corrected chi connectivity index (χ1v) is 7.67. The molecular formula is C15H21N5O2. The van der Waals surface area contributed by atoms with Crippen LogP contribution in [0.2, 0.25) is 0 Å². The molecule has 0 saturated carbocycles. The Kier molecular flexibility index (Phi) is 3.72. The molecular weight excluding hydrogens is 282 g/mol.